The fraction of sp³-hybridized carbons (Fsp3) is 0.429. The first-order valence-corrected chi connectivity index (χ1v) is 7.20. The number of aliphatic carboxylic acids is 2. The number of nitrogens with one attached hydrogen (secondary N) is 1. The third-order valence-corrected chi connectivity index (χ3v) is 3.49. The van der Waals surface area contributed by atoms with E-state index in [4.69, 9.17) is 43.0 Å². The van der Waals surface area contributed by atoms with Gasteiger partial charge < -0.3 is 15.5 Å². The molecule has 1 rings (SSSR count). The largest absolute Gasteiger partial charge is 0.473 e. The standard InChI is InChI=1S/C12H17Cl2N.C2H2O4/c1-3-10(4-2)15-8-9-5-6-11(13)12(14)7-9;3-1(4)2(5)6/h5-7,10,15H,3-4,8H2,1-2H3;(H,3,4)(H,5,6). The van der Waals surface area contributed by atoms with Gasteiger partial charge in [0.2, 0.25) is 0 Å². The van der Waals surface area contributed by atoms with Crippen molar-refractivity contribution in [2.45, 2.75) is 39.3 Å². The quantitative estimate of drug-likeness (QED) is 0.717. The minimum Gasteiger partial charge on any atom is -0.473 e. The molecule has 3 N–H and O–H groups in total. The highest BCUT2D eigenvalue weighted by Gasteiger charge is 2.04. The minimum atomic E-state index is -1.82. The van der Waals surface area contributed by atoms with Crippen LogP contribution in [0.25, 0.3) is 0 Å². The summed E-state index contributed by atoms with van der Waals surface area (Å²) in [7, 11) is 0. The van der Waals surface area contributed by atoms with Gasteiger partial charge in [-0.3, -0.25) is 0 Å². The molecule has 0 fully saturated rings. The highest BCUT2D eigenvalue weighted by molar-refractivity contribution is 6.42. The molecular formula is C14H19Cl2NO4. The Hall–Kier alpha value is -1.30. The van der Waals surface area contributed by atoms with Crippen molar-refractivity contribution in [2.24, 2.45) is 0 Å². The summed E-state index contributed by atoms with van der Waals surface area (Å²) in [5.41, 5.74) is 1.18. The molecule has 5 nitrogen and oxygen atoms in total. The summed E-state index contributed by atoms with van der Waals surface area (Å²) in [6.07, 6.45) is 2.30. The molecule has 118 valence electrons. The number of halogens is 2. The van der Waals surface area contributed by atoms with Gasteiger partial charge in [-0.25, -0.2) is 9.59 Å². The van der Waals surface area contributed by atoms with Gasteiger partial charge >= 0.3 is 11.9 Å². The van der Waals surface area contributed by atoms with Crippen LogP contribution in [-0.2, 0) is 16.1 Å². The smallest absolute Gasteiger partial charge is 0.414 e. The van der Waals surface area contributed by atoms with Crippen LogP contribution in [0.1, 0.15) is 32.3 Å². The second-order valence-corrected chi connectivity index (χ2v) is 5.07. The Labute approximate surface area is 133 Å². The van der Waals surface area contributed by atoms with Crippen LogP contribution < -0.4 is 5.32 Å². The Morgan fingerprint density at radius 1 is 1.10 bits per heavy atom. The van der Waals surface area contributed by atoms with Crippen molar-refractivity contribution in [3.05, 3.63) is 33.8 Å². The van der Waals surface area contributed by atoms with E-state index in [0.29, 0.717) is 16.1 Å². The van der Waals surface area contributed by atoms with Gasteiger partial charge in [-0.2, -0.15) is 0 Å². The second-order valence-electron chi connectivity index (χ2n) is 4.25. The summed E-state index contributed by atoms with van der Waals surface area (Å²) >= 11 is 11.8. The fourth-order valence-electron chi connectivity index (χ4n) is 1.49. The van der Waals surface area contributed by atoms with Gasteiger partial charge in [0, 0.05) is 12.6 Å². The molecule has 21 heavy (non-hydrogen) atoms. The first-order chi connectivity index (χ1) is 9.81. The van der Waals surface area contributed by atoms with E-state index in [-0.39, 0.29) is 0 Å². The van der Waals surface area contributed by atoms with Crippen LogP contribution in [-0.4, -0.2) is 28.2 Å². The first kappa shape index (κ1) is 19.7. The molecule has 0 radical (unpaired) electrons. The number of benzene rings is 1. The van der Waals surface area contributed by atoms with Crippen molar-refractivity contribution >= 4 is 35.1 Å². The van der Waals surface area contributed by atoms with Gasteiger partial charge in [-0.1, -0.05) is 43.1 Å². The van der Waals surface area contributed by atoms with E-state index in [9.17, 15) is 0 Å². The summed E-state index contributed by atoms with van der Waals surface area (Å²) < 4.78 is 0. The molecule has 0 aliphatic carbocycles. The molecule has 1 aromatic rings. The molecular weight excluding hydrogens is 317 g/mol. The fourth-order valence-corrected chi connectivity index (χ4v) is 1.81. The maximum absolute atomic E-state index is 9.10. The van der Waals surface area contributed by atoms with Gasteiger partial charge in [-0.15, -0.1) is 0 Å². The van der Waals surface area contributed by atoms with E-state index in [1.54, 1.807) is 0 Å². The summed E-state index contributed by atoms with van der Waals surface area (Å²) in [6.45, 7) is 5.23. The van der Waals surface area contributed by atoms with Crippen molar-refractivity contribution in [1.82, 2.24) is 5.32 Å². The maximum atomic E-state index is 9.10. The lowest BCUT2D eigenvalue weighted by molar-refractivity contribution is -0.159. The summed E-state index contributed by atoms with van der Waals surface area (Å²) in [4.78, 5) is 18.2. The molecule has 7 heteroatoms. The molecule has 0 aliphatic rings. The van der Waals surface area contributed by atoms with E-state index in [1.807, 2.05) is 18.2 Å². The number of hydrogen-bond donors (Lipinski definition) is 3. The van der Waals surface area contributed by atoms with Crippen LogP contribution >= 0.6 is 23.2 Å². The predicted octanol–water partition coefficient (Wildman–Crippen LogP) is 3.43. The van der Waals surface area contributed by atoms with Crippen LogP contribution in [0.5, 0.6) is 0 Å². The number of carboxylic acid groups (broad SMARTS) is 2. The average molecular weight is 336 g/mol. The van der Waals surface area contributed by atoms with Gasteiger partial charge in [0.25, 0.3) is 0 Å². The van der Waals surface area contributed by atoms with Gasteiger partial charge in [0.05, 0.1) is 10.0 Å². The third kappa shape index (κ3) is 8.55. The van der Waals surface area contributed by atoms with Crippen LogP contribution in [0, 0.1) is 0 Å². The Bertz CT molecular complexity index is 464. The van der Waals surface area contributed by atoms with Crippen molar-refractivity contribution in [3.8, 4) is 0 Å². The SMILES string of the molecule is CCC(CC)NCc1ccc(Cl)c(Cl)c1.O=C(O)C(=O)O. The molecule has 0 aromatic heterocycles. The molecule has 0 amide bonds. The number of hydrogen-bond acceptors (Lipinski definition) is 3. The van der Waals surface area contributed by atoms with Crippen molar-refractivity contribution < 1.29 is 19.8 Å². The normalized spacial score (nSPS) is 9.95. The Kier molecular flexibility index (Phi) is 9.78. The van der Waals surface area contributed by atoms with E-state index in [2.05, 4.69) is 19.2 Å². The lowest BCUT2D eigenvalue weighted by atomic mass is 10.1. The highest BCUT2D eigenvalue weighted by Crippen LogP contribution is 2.22. The Morgan fingerprint density at radius 3 is 2.00 bits per heavy atom. The van der Waals surface area contributed by atoms with Gasteiger partial charge in [-0.05, 0) is 30.5 Å². The maximum Gasteiger partial charge on any atom is 0.414 e. The molecule has 0 saturated carbocycles. The molecule has 0 saturated heterocycles. The average Bonchev–Trinajstić information content (AvgIpc) is 2.44. The van der Waals surface area contributed by atoms with Crippen molar-refractivity contribution in [1.29, 1.82) is 0 Å². The van der Waals surface area contributed by atoms with Crippen LogP contribution in [0.4, 0.5) is 0 Å². The van der Waals surface area contributed by atoms with E-state index >= 15 is 0 Å². The third-order valence-electron chi connectivity index (χ3n) is 2.75. The van der Waals surface area contributed by atoms with E-state index in [1.165, 1.54) is 5.56 Å². The molecule has 1 aromatic carbocycles. The molecule has 0 atom stereocenters. The lowest BCUT2D eigenvalue weighted by Gasteiger charge is -2.14. The molecule has 0 heterocycles. The zero-order valence-electron chi connectivity index (χ0n) is 11.9. The predicted molar refractivity (Wildman–Crippen MR) is 82.9 cm³/mol. The summed E-state index contributed by atoms with van der Waals surface area (Å²) in [5.74, 6) is -3.65. The van der Waals surface area contributed by atoms with Gasteiger partial charge in [0.15, 0.2) is 0 Å². The van der Waals surface area contributed by atoms with E-state index < -0.39 is 11.9 Å². The Balaban J connectivity index is 0.000000567. The minimum absolute atomic E-state index is 0.583. The van der Waals surface area contributed by atoms with Crippen LogP contribution in [0.15, 0.2) is 18.2 Å². The summed E-state index contributed by atoms with van der Waals surface area (Å²) in [6, 6.07) is 6.34. The molecule has 0 aliphatic heterocycles. The Morgan fingerprint density at radius 2 is 1.62 bits per heavy atom. The van der Waals surface area contributed by atoms with Crippen LogP contribution in [0.2, 0.25) is 10.0 Å². The monoisotopic (exact) mass is 335 g/mol. The van der Waals surface area contributed by atoms with E-state index in [0.717, 1.165) is 19.4 Å². The van der Waals surface area contributed by atoms with Crippen molar-refractivity contribution in [3.63, 3.8) is 0 Å². The molecule has 0 bridgehead atoms. The summed E-state index contributed by atoms with van der Waals surface area (Å²) in [5, 5.41) is 19.5. The lowest BCUT2D eigenvalue weighted by Crippen LogP contribution is -2.26. The highest BCUT2D eigenvalue weighted by atomic mass is 35.5. The zero-order chi connectivity index (χ0) is 16.4. The molecule has 0 spiro atoms. The number of rotatable bonds is 5. The van der Waals surface area contributed by atoms with Gasteiger partial charge in [0.1, 0.15) is 0 Å². The molecule has 0 unspecified atom stereocenters. The number of carboxylic acids is 2. The second kappa shape index (κ2) is 10.4. The zero-order valence-corrected chi connectivity index (χ0v) is 13.4. The van der Waals surface area contributed by atoms with Crippen LogP contribution in [0.3, 0.4) is 0 Å². The van der Waals surface area contributed by atoms with Crippen molar-refractivity contribution in [2.75, 3.05) is 0 Å². The number of carbonyl (C=O) groups is 2. The topological polar surface area (TPSA) is 86.6 Å². The first-order valence-electron chi connectivity index (χ1n) is 6.45.